The number of hydrogen-bond donors (Lipinski definition) is 1. The van der Waals surface area contributed by atoms with Crippen LogP contribution < -0.4 is 10.2 Å². The zero-order valence-electron chi connectivity index (χ0n) is 11.5. The predicted molar refractivity (Wildman–Crippen MR) is 76.6 cm³/mol. The second kappa shape index (κ2) is 4.57. The molecule has 1 aromatic carbocycles. The maximum absolute atomic E-state index is 13.1. The minimum absolute atomic E-state index is 0.0558. The summed E-state index contributed by atoms with van der Waals surface area (Å²) in [6.07, 6.45) is 3.19. The van der Waals surface area contributed by atoms with E-state index in [1.807, 2.05) is 35.2 Å². The average molecular weight is 272 g/mol. The molecule has 106 valence electrons. The molecule has 1 N–H and O–H groups in total. The van der Waals surface area contributed by atoms with Crippen LogP contribution in [0, 0.1) is 5.41 Å². The first-order valence-corrected chi connectivity index (χ1v) is 7.53. The third-order valence-corrected chi connectivity index (χ3v) is 5.01. The zero-order chi connectivity index (χ0) is 13.6. The second-order valence-corrected chi connectivity index (χ2v) is 6.16. The van der Waals surface area contributed by atoms with Crippen LogP contribution in [0.15, 0.2) is 30.3 Å². The number of rotatable bonds is 1. The van der Waals surface area contributed by atoms with E-state index in [1.54, 1.807) is 0 Å². The van der Waals surface area contributed by atoms with Crippen LogP contribution in [0.1, 0.15) is 19.3 Å². The maximum Gasteiger partial charge on any atom is 0.235 e. The van der Waals surface area contributed by atoms with Gasteiger partial charge in [-0.05, 0) is 31.4 Å². The summed E-state index contributed by atoms with van der Waals surface area (Å²) in [7, 11) is 0. The molecule has 4 nitrogen and oxygen atoms in total. The highest BCUT2D eigenvalue weighted by Gasteiger charge is 2.57. The van der Waals surface area contributed by atoms with Gasteiger partial charge in [-0.15, -0.1) is 0 Å². The Balaban J connectivity index is 1.67. The van der Waals surface area contributed by atoms with Gasteiger partial charge in [-0.25, -0.2) is 0 Å². The lowest BCUT2D eigenvalue weighted by Gasteiger charge is -2.41. The van der Waals surface area contributed by atoms with Gasteiger partial charge in [0.05, 0.1) is 17.6 Å². The van der Waals surface area contributed by atoms with Gasteiger partial charge in [0.15, 0.2) is 0 Å². The topological polar surface area (TPSA) is 41.6 Å². The highest BCUT2D eigenvalue weighted by atomic mass is 16.5. The van der Waals surface area contributed by atoms with Crippen molar-refractivity contribution in [3.05, 3.63) is 30.3 Å². The van der Waals surface area contributed by atoms with Gasteiger partial charge in [-0.2, -0.15) is 0 Å². The van der Waals surface area contributed by atoms with Crippen molar-refractivity contribution in [1.82, 2.24) is 5.32 Å². The minimum atomic E-state index is -0.289. The van der Waals surface area contributed by atoms with Crippen molar-refractivity contribution in [2.24, 2.45) is 5.41 Å². The van der Waals surface area contributed by atoms with Crippen molar-refractivity contribution < 1.29 is 9.53 Å². The van der Waals surface area contributed by atoms with Gasteiger partial charge in [0.1, 0.15) is 0 Å². The molecule has 3 saturated heterocycles. The van der Waals surface area contributed by atoms with E-state index in [2.05, 4.69) is 5.32 Å². The lowest BCUT2D eigenvalue weighted by molar-refractivity contribution is -0.134. The number of benzene rings is 1. The van der Waals surface area contributed by atoms with Crippen LogP contribution in [-0.4, -0.2) is 37.7 Å². The van der Waals surface area contributed by atoms with E-state index in [4.69, 9.17) is 4.74 Å². The van der Waals surface area contributed by atoms with Gasteiger partial charge < -0.3 is 15.0 Å². The van der Waals surface area contributed by atoms with Crippen molar-refractivity contribution >= 4 is 11.6 Å². The minimum Gasteiger partial charge on any atom is -0.371 e. The highest BCUT2D eigenvalue weighted by molar-refractivity contribution is 5.99. The predicted octanol–water partition coefficient (Wildman–Crippen LogP) is 1.56. The molecule has 4 heteroatoms. The molecule has 4 rings (SSSR count). The first-order chi connectivity index (χ1) is 9.79. The molecule has 3 heterocycles. The smallest absolute Gasteiger partial charge is 0.235 e. The normalized spacial score (nSPS) is 36.6. The summed E-state index contributed by atoms with van der Waals surface area (Å²) in [6, 6.07) is 10.0. The quantitative estimate of drug-likeness (QED) is 0.843. The molecule has 1 spiro atoms. The Hall–Kier alpha value is -1.39. The van der Waals surface area contributed by atoms with Crippen LogP contribution in [0.5, 0.6) is 0 Å². The molecule has 3 aliphatic rings. The van der Waals surface area contributed by atoms with E-state index in [9.17, 15) is 4.79 Å². The molecular formula is C16H20N2O2. The van der Waals surface area contributed by atoms with Crippen LogP contribution in [0.3, 0.4) is 0 Å². The van der Waals surface area contributed by atoms with Crippen molar-refractivity contribution in [3.63, 3.8) is 0 Å². The van der Waals surface area contributed by atoms with Crippen molar-refractivity contribution in [2.75, 3.05) is 24.5 Å². The van der Waals surface area contributed by atoms with Gasteiger partial charge >= 0.3 is 0 Å². The van der Waals surface area contributed by atoms with Gasteiger partial charge in [0.25, 0.3) is 0 Å². The molecule has 1 aromatic rings. The monoisotopic (exact) mass is 272 g/mol. The van der Waals surface area contributed by atoms with Crippen LogP contribution in [0.4, 0.5) is 5.69 Å². The summed E-state index contributed by atoms with van der Waals surface area (Å²) < 4.78 is 6.04. The van der Waals surface area contributed by atoms with E-state index >= 15 is 0 Å². The number of anilines is 1. The maximum atomic E-state index is 13.1. The molecule has 1 unspecified atom stereocenters. The van der Waals surface area contributed by atoms with Crippen LogP contribution >= 0.6 is 0 Å². The Labute approximate surface area is 119 Å². The molecule has 0 aliphatic carbocycles. The number of nitrogens with one attached hydrogen (secondary N) is 1. The van der Waals surface area contributed by atoms with Crippen molar-refractivity contribution in [2.45, 2.75) is 31.5 Å². The summed E-state index contributed by atoms with van der Waals surface area (Å²) in [5.74, 6) is 0.270. The third kappa shape index (κ3) is 1.71. The Kier molecular flexibility index (Phi) is 2.82. The fraction of sp³-hybridized carbons (Fsp3) is 0.562. The van der Waals surface area contributed by atoms with Crippen LogP contribution in [-0.2, 0) is 9.53 Å². The Morgan fingerprint density at radius 1 is 1.25 bits per heavy atom. The first kappa shape index (κ1) is 12.4. The zero-order valence-corrected chi connectivity index (χ0v) is 11.5. The summed E-state index contributed by atoms with van der Waals surface area (Å²) in [4.78, 5) is 15.1. The molecule has 2 bridgehead atoms. The Morgan fingerprint density at radius 3 is 2.90 bits per heavy atom. The number of fused-ring (bicyclic) bond motifs is 3. The number of carbonyl (C=O) groups is 1. The fourth-order valence-electron chi connectivity index (χ4n) is 4.06. The van der Waals surface area contributed by atoms with Crippen molar-refractivity contribution in [1.29, 1.82) is 0 Å². The van der Waals surface area contributed by atoms with E-state index in [-0.39, 0.29) is 23.5 Å². The summed E-state index contributed by atoms with van der Waals surface area (Å²) in [5, 5.41) is 3.40. The highest BCUT2D eigenvalue weighted by Crippen LogP contribution is 2.47. The van der Waals surface area contributed by atoms with Crippen LogP contribution in [0.25, 0.3) is 0 Å². The van der Waals surface area contributed by atoms with Gasteiger partial charge in [0.2, 0.25) is 5.91 Å². The molecule has 0 radical (unpaired) electrons. The molecule has 0 aromatic heterocycles. The molecule has 1 amide bonds. The summed E-state index contributed by atoms with van der Waals surface area (Å²) >= 11 is 0. The number of piperidine rings is 1. The number of para-hydroxylation sites is 1. The number of amides is 1. The molecular weight excluding hydrogens is 252 g/mol. The number of nitrogens with zero attached hydrogens (tertiary/aromatic N) is 1. The number of ether oxygens (including phenoxy) is 1. The summed E-state index contributed by atoms with van der Waals surface area (Å²) in [6.45, 7) is 2.52. The van der Waals surface area contributed by atoms with Gasteiger partial charge in [-0.3, -0.25) is 4.79 Å². The third-order valence-electron chi connectivity index (χ3n) is 5.01. The lowest BCUT2D eigenvalue weighted by atomic mass is 9.73. The van der Waals surface area contributed by atoms with E-state index in [1.165, 1.54) is 0 Å². The molecule has 20 heavy (non-hydrogen) atoms. The average Bonchev–Trinajstić information content (AvgIpc) is 2.74. The van der Waals surface area contributed by atoms with Crippen LogP contribution in [0.2, 0.25) is 0 Å². The standard InChI is InChI=1S/C16H20N2O2/c19-15-16(9-13-10-17-11-14(16)20-13)7-4-8-18(15)12-5-2-1-3-6-12/h1-3,5-6,13-14,17H,4,7-11H2/t13?,14-,16-/m1/s1. The van der Waals surface area contributed by atoms with E-state index < -0.39 is 0 Å². The number of hydrogen-bond acceptors (Lipinski definition) is 3. The Bertz CT molecular complexity index is 518. The fourth-order valence-corrected chi connectivity index (χ4v) is 4.06. The lowest BCUT2D eigenvalue weighted by Crippen LogP contribution is -2.54. The number of carbonyl (C=O) groups excluding carboxylic acids is 1. The second-order valence-electron chi connectivity index (χ2n) is 6.16. The largest absolute Gasteiger partial charge is 0.371 e. The summed E-state index contributed by atoms with van der Waals surface area (Å²) in [5.41, 5.74) is 0.730. The number of morpholine rings is 1. The molecule has 0 saturated carbocycles. The van der Waals surface area contributed by atoms with E-state index in [0.29, 0.717) is 0 Å². The van der Waals surface area contributed by atoms with Crippen molar-refractivity contribution in [3.8, 4) is 0 Å². The SMILES string of the molecule is O=C1N(c2ccccc2)CCC[C@]12CC1CNC[C@H]2O1. The Morgan fingerprint density at radius 2 is 2.10 bits per heavy atom. The molecule has 3 fully saturated rings. The van der Waals surface area contributed by atoms with E-state index in [0.717, 1.165) is 44.6 Å². The first-order valence-electron chi connectivity index (χ1n) is 7.53. The van der Waals surface area contributed by atoms with Gasteiger partial charge in [-0.1, -0.05) is 18.2 Å². The molecule has 3 aliphatic heterocycles. The molecule has 3 atom stereocenters. The van der Waals surface area contributed by atoms with Gasteiger partial charge in [0, 0.05) is 25.3 Å².